The molecule has 6 heteroatoms. The lowest BCUT2D eigenvalue weighted by molar-refractivity contribution is 0.0536. The van der Waals surface area contributed by atoms with E-state index in [1.165, 1.54) is 0 Å². The van der Waals surface area contributed by atoms with Crippen LogP contribution in [-0.2, 0) is 4.74 Å². The van der Waals surface area contributed by atoms with E-state index in [0.29, 0.717) is 23.8 Å². The molecule has 0 radical (unpaired) electrons. The maximum atomic E-state index is 11.9. The third-order valence-corrected chi connectivity index (χ3v) is 2.98. The summed E-state index contributed by atoms with van der Waals surface area (Å²) in [6.45, 7) is 2.21. The molecule has 1 aromatic rings. The lowest BCUT2D eigenvalue weighted by Crippen LogP contribution is -2.33. The van der Waals surface area contributed by atoms with Gasteiger partial charge in [-0.3, -0.25) is 4.79 Å². The Morgan fingerprint density at radius 3 is 3.22 bits per heavy atom. The predicted octanol–water partition coefficient (Wildman–Crippen LogP) is 0.524. The number of nitrogen functional groups attached to an aromatic ring is 1. The molecule has 1 saturated heterocycles. The minimum Gasteiger partial charge on any atom is -0.381 e. The second-order valence-electron chi connectivity index (χ2n) is 4.37. The van der Waals surface area contributed by atoms with Gasteiger partial charge in [-0.15, -0.1) is 0 Å². The Balaban J connectivity index is 1.86. The summed E-state index contributed by atoms with van der Waals surface area (Å²) in [5, 5.41) is 2.90. The number of nitrogens with one attached hydrogen (secondary N) is 2. The van der Waals surface area contributed by atoms with Gasteiger partial charge in [-0.1, -0.05) is 0 Å². The first kappa shape index (κ1) is 12.8. The molecule has 18 heavy (non-hydrogen) atoms. The monoisotopic (exact) mass is 250 g/mol. The van der Waals surface area contributed by atoms with Crippen LogP contribution in [-0.4, -0.2) is 30.6 Å². The van der Waals surface area contributed by atoms with Crippen molar-refractivity contribution in [2.24, 2.45) is 11.8 Å². The molecular formula is C12H18N4O2. The highest BCUT2D eigenvalue weighted by molar-refractivity contribution is 5.94. The van der Waals surface area contributed by atoms with Crippen LogP contribution in [0.1, 0.15) is 23.2 Å². The van der Waals surface area contributed by atoms with Gasteiger partial charge in [0.1, 0.15) is 5.82 Å². The summed E-state index contributed by atoms with van der Waals surface area (Å²) < 4.78 is 5.37. The fraction of sp³-hybridized carbons (Fsp3) is 0.500. The van der Waals surface area contributed by atoms with Crippen molar-refractivity contribution in [2.45, 2.75) is 12.8 Å². The van der Waals surface area contributed by atoms with E-state index in [1.54, 1.807) is 18.3 Å². The van der Waals surface area contributed by atoms with Crippen molar-refractivity contribution in [3.63, 3.8) is 0 Å². The molecule has 1 aromatic heterocycles. The van der Waals surface area contributed by atoms with Crippen LogP contribution in [0.2, 0.25) is 0 Å². The van der Waals surface area contributed by atoms with Crippen molar-refractivity contribution < 1.29 is 9.53 Å². The summed E-state index contributed by atoms with van der Waals surface area (Å²) in [5.41, 5.74) is 2.97. The molecule has 4 N–H and O–H groups in total. The van der Waals surface area contributed by atoms with Crippen LogP contribution in [0, 0.1) is 5.92 Å². The predicted molar refractivity (Wildman–Crippen MR) is 67.9 cm³/mol. The van der Waals surface area contributed by atoms with Gasteiger partial charge in [-0.2, -0.15) is 0 Å². The van der Waals surface area contributed by atoms with Gasteiger partial charge < -0.3 is 15.5 Å². The molecule has 98 valence electrons. The molecule has 1 amide bonds. The first-order valence-corrected chi connectivity index (χ1v) is 6.08. The summed E-state index contributed by atoms with van der Waals surface area (Å²) in [6.07, 6.45) is 3.72. The normalized spacial score (nSPS) is 19.3. The minimum absolute atomic E-state index is 0.112. The molecule has 1 aliphatic heterocycles. The second-order valence-corrected chi connectivity index (χ2v) is 4.37. The molecule has 2 heterocycles. The van der Waals surface area contributed by atoms with Crippen LogP contribution in [0.25, 0.3) is 0 Å². The summed E-state index contributed by atoms with van der Waals surface area (Å²) in [5.74, 6) is 6.03. The SMILES string of the molecule is NNc1cc(C(=O)NCC2CCCOC2)ccn1. The van der Waals surface area contributed by atoms with E-state index in [9.17, 15) is 4.79 Å². The highest BCUT2D eigenvalue weighted by Crippen LogP contribution is 2.12. The Bertz CT molecular complexity index is 405. The number of hydrogen-bond acceptors (Lipinski definition) is 5. The van der Waals surface area contributed by atoms with Crippen LogP contribution in [0.15, 0.2) is 18.3 Å². The van der Waals surface area contributed by atoms with E-state index < -0.39 is 0 Å². The van der Waals surface area contributed by atoms with E-state index in [2.05, 4.69) is 15.7 Å². The van der Waals surface area contributed by atoms with E-state index in [1.807, 2.05) is 0 Å². The van der Waals surface area contributed by atoms with Gasteiger partial charge in [0.2, 0.25) is 0 Å². The number of ether oxygens (including phenoxy) is 1. The number of nitrogens with zero attached hydrogens (tertiary/aromatic N) is 1. The van der Waals surface area contributed by atoms with E-state index >= 15 is 0 Å². The molecular weight excluding hydrogens is 232 g/mol. The summed E-state index contributed by atoms with van der Waals surface area (Å²) in [4.78, 5) is 15.9. The Kier molecular flexibility index (Phi) is 4.49. The second kappa shape index (κ2) is 6.32. The third-order valence-electron chi connectivity index (χ3n) is 2.98. The van der Waals surface area contributed by atoms with E-state index in [0.717, 1.165) is 26.1 Å². The van der Waals surface area contributed by atoms with Gasteiger partial charge in [-0.25, -0.2) is 10.8 Å². The fourth-order valence-corrected chi connectivity index (χ4v) is 1.96. The van der Waals surface area contributed by atoms with Crippen molar-refractivity contribution in [1.29, 1.82) is 0 Å². The van der Waals surface area contributed by atoms with Crippen LogP contribution in [0.4, 0.5) is 5.82 Å². The number of pyridine rings is 1. The van der Waals surface area contributed by atoms with Crippen LogP contribution in [0.3, 0.4) is 0 Å². The molecule has 0 aromatic carbocycles. The molecule has 6 nitrogen and oxygen atoms in total. The molecule has 0 bridgehead atoms. The first-order chi connectivity index (χ1) is 8.79. The molecule has 1 aliphatic rings. The van der Waals surface area contributed by atoms with Gasteiger partial charge in [0.25, 0.3) is 5.91 Å². The summed E-state index contributed by atoms with van der Waals surface area (Å²) >= 11 is 0. The van der Waals surface area contributed by atoms with Crippen LogP contribution in [0.5, 0.6) is 0 Å². The number of rotatable bonds is 4. The van der Waals surface area contributed by atoms with Gasteiger partial charge in [0.05, 0.1) is 6.61 Å². The van der Waals surface area contributed by atoms with Gasteiger partial charge in [0.15, 0.2) is 0 Å². The first-order valence-electron chi connectivity index (χ1n) is 6.08. The zero-order valence-electron chi connectivity index (χ0n) is 10.2. The number of hydrazine groups is 1. The van der Waals surface area contributed by atoms with Crippen molar-refractivity contribution in [2.75, 3.05) is 25.2 Å². The number of hydrogen-bond donors (Lipinski definition) is 3. The minimum atomic E-state index is -0.112. The van der Waals surface area contributed by atoms with Crippen LogP contribution < -0.4 is 16.6 Å². The van der Waals surface area contributed by atoms with E-state index in [4.69, 9.17) is 10.6 Å². The van der Waals surface area contributed by atoms with Crippen molar-refractivity contribution in [1.82, 2.24) is 10.3 Å². The maximum absolute atomic E-state index is 11.9. The number of nitrogens with two attached hydrogens (primary N) is 1. The van der Waals surface area contributed by atoms with Crippen molar-refractivity contribution >= 4 is 11.7 Å². The van der Waals surface area contributed by atoms with Crippen molar-refractivity contribution in [3.8, 4) is 0 Å². The molecule has 2 rings (SSSR count). The number of aromatic nitrogens is 1. The van der Waals surface area contributed by atoms with E-state index in [-0.39, 0.29) is 5.91 Å². The number of carbonyl (C=O) groups is 1. The molecule has 1 unspecified atom stereocenters. The number of carbonyl (C=O) groups excluding carboxylic acids is 1. The van der Waals surface area contributed by atoms with Crippen molar-refractivity contribution in [3.05, 3.63) is 23.9 Å². The highest BCUT2D eigenvalue weighted by atomic mass is 16.5. The summed E-state index contributed by atoms with van der Waals surface area (Å²) in [7, 11) is 0. The zero-order valence-corrected chi connectivity index (χ0v) is 10.2. The van der Waals surface area contributed by atoms with Gasteiger partial charge in [-0.05, 0) is 30.9 Å². The Labute approximate surface area is 106 Å². The average Bonchev–Trinajstić information content (AvgIpc) is 2.46. The standard InChI is InChI=1S/C12H18N4O2/c13-16-11-6-10(3-4-14-11)12(17)15-7-9-2-1-5-18-8-9/h3-4,6,9H,1-2,5,7-8,13H2,(H,14,16)(H,15,17). The molecule has 1 atom stereocenters. The quantitative estimate of drug-likeness (QED) is 0.535. The lowest BCUT2D eigenvalue weighted by atomic mass is 10.0. The Hall–Kier alpha value is -1.66. The largest absolute Gasteiger partial charge is 0.381 e. The highest BCUT2D eigenvalue weighted by Gasteiger charge is 2.15. The van der Waals surface area contributed by atoms with Crippen LogP contribution >= 0.6 is 0 Å². The average molecular weight is 250 g/mol. The van der Waals surface area contributed by atoms with Gasteiger partial charge >= 0.3 is 0 Å². The Morgan fingerprint density at radius 2 is 2.50 bits per heavy atom. The summed E-state index contributed by atoms with van der Waals surface area (Å²) in [6, 6.07) is 3.28. The molecule has 1 fully saturated rings. The fourth-order valence-electron chi connectivity index (χ4n) is 1.96. The smallest absolute Gasteiger partial charge is 0.251 e. The number of anilines is 1. The number of amides is 1. The third kappa shape index (κ3) is 3.41. The van der Waals surface area contributed by atoms with Gasteiger partial charge in [0, 0.05) is 24.9 Å². The molecule has 0 saturated carbocycles. The zero-order chi connectivity index (χ0) is 12.8. The topological polar surface area (TPSA) is 89.3 Å². The Morgan fingerprint density at radius 1 is 1.61 bits per heavy atom. The lowest BCUT2D eigenvalue weighted by Gasteiger charge is -2.22. The molecule has 0 aliphatic carbocycles. The maximum Gasteiger partial charge on any atom is 0.251 e. The molecule has 0 spiro atoms.